The number of carbonyl (C=O) groups is 3. The molecule has 0 unspecified atom stereocenters. The molecule has 7 heteroatoms. The minimum Gasteiger partial charge on any atom is -0.397 e. The summed E-state index contributed by atoms with van der Waals surface area (Å²) >= 11 is 0. The molecule has 0 atom stereocenters. The van der Waals surface area contributed by atoms with Crippen molar-refractivity contribution in [3.05, 3.63) is 59.4 Å². The second kappa shape index (κ2) is 7.99. The fraction of sp³-hybridized carbons (Fsp3) is 0.250. The maximum absolute atomic E-state index is 13.0. The normalized spacial score (nSPS) is 13.0. The number of fused-ring (bicyclic) bond motifs is 1. The number of nitrogens with zero attached hydrogens (tertiary/aromatic N) is 1. The van der Waals surface area contributed by atoms with Gasteiger partial charge in [-0.05, 0) is 43.2 Å². The summed E-state index contributed by atoms with van der Waals surface area (Å²) in [4.78, 5) is 37.7. The number of unbranched alkanes of at least 4 members (excludes halogenated alkanes) is 2. The largest absolute Gasteiger partial charge is 0.397 e. The molecule has 6 nitrogen and oxygen atoms in total. The van der Waals surface area contributed by atoms with Crippen molar-refractivity contribution in [3.8, 4) is 0 Å². The maximum Gasteiger partial charge on any atom is 0.261 e. The Labute approximate surface area is 156 Å². The van der Waals surface area contributed by atoms with Crippen LogP contribution in [0.25, 0.3) is 0 Å². The predicted molar refractivity (Wildman–Crippen MR) is 99.7 cm³/mol. The van der Waals surface area contributed by atoms with Crippen LogP contribution in [0.5, 0.6) is 0 Å². The number of nitrogen functional groups attached to an aromatic ring is 1. The molecule has 0 spiro atoms. The Morgan fingerprint density at radius 1 is 1.00 bits per heavy atom. The summed E-state index contributed by atoms with van der Waals surface area (Å²) in [5, 5.41) is 2.65. The molecule has 2 aromatic carbocycles. The zero-order valence-corrected chi connectivity index (χ0v) is 14.7. The average molecular weight is 369 g/mol. The lowest BCUT2D eigenvalue weighted by Gasteiger charge is -2.13. The van der Waals surface area contributed by atoms with Gasteiger partial charge in [-0.25, -0.2) is 4.39 Å². The molecule has 140 valence electrons. The molecule has 0 aromatic heterocycles. The van der Waals surface area contributed by atoms with Crippen LogP contribution < -0.4 is 11.1 Å². The van der Waals surface area contributed by atoms with Crippen molar-refractivity contribution < 1.29 is 18.8 Å². The smallest absolute Gasteiger partial charge is 0.261 e. The molecule has 0 radical (unpaired) electrons. The first-order chi connectivity index (χ1) is 13.0. The van der Waals surface area contributed by atoms with E-state index in [0.29, 0.717) is 42.6 Å². The van der Waals surface area contributed by atoms with Crippen LogP contribution in [-0.2, 0) is 4.79 Å². The van der Waals surface area contributed by atoms with Gasteiger partial charge in [-0.1, -0.05) is 18.6 Å². The van der Waals surface area contributed by atoms with E-state index in [1.165, 1.54) is 17.0 Å². The van der Waals surface area contributed by atoms with Gasteiger partial charge in [-0.3, -0.25) is 19.3 Å². The van der Waals surface area contributed by atoms with Gasteiger partial charge >= 0.3 is 0 Å². The zero-order chi connectivity index (χ0) is 19.4. The van der Waals surface area contributed by atoms with E-state index < -0.39 is 5.82 Å². The summed E-state index contributed by atoms with van der Waals surface area (Å²) in [6.07, 6.45) is 2.20. The van der Waals surface area contributed by atoms with Crippen LogP contribution in [0.4, 0.5) is 15.8 Å². The molecule has 1 aliphatic rings. The number of hydrogen-bond acceptors (Lipinski definition) is 4. The van der Waals surface area contributed by atoms with Gasteiger partial charge in [0.15, 0.2) is 0 Å². The molecular weight excluding hydrogens is 349 g/mol. The number of benzene rings is 2. The first-order valence-corrected chi connectivity index (χ1v) is 8.77. The highest BCUT2D eigenvalue weighted by atomic mass is 19.1. The minimum atomic E-state index is -0.460. The molecule has 0 saturated heterocycles. The molecule has 2 aromatic rings. The van der Waals surface area contributed by atoms with Gasteiger partial charge in [0.1, 0.15) is 5.82 Å². The van der Waals surface area contributed by atoms with Crippen molar-refractivity contribution in [2.45, 2.75) is 25.7 Å². The van der Waals surface area contributed by atoms with Crippen molar-refractivity contribution >= 4 is 29.1 Å². The molecule has 27 heavy (non-hydrogen) atoms. The highest BCUT2D eigenvalue weighted by molar-refractivity contribution is 6.21. The van der Waals surface area contributed by atoms with Gasteiger partial charge in [0.2, 0.25) is 5.91 Å². The summed E-state index contributed by atoms with van der Waals surface area (Å²) in [5.41, 5.74) is 7.10. The topological polar surface area (TPSA) is 92.5 Å². The van der Waals surface area contributed by atoms with Gasteiger partial charge in [-0.15, -0.1) is 0 Å². The van der Waals surface area contributed by atoms with Crippen LogP contribution >= 0.6 is 0 Å². The third-order valence-electron chi connectivity index (χ3n) is 4.45. The Bertz CT molecular complexity index is 863. The van der Waals surface area contributed by atoms with E-state index in [1.807, 2.05) is 0 Å². The molecular formula is C20H20FN3O3. The Morgan fingerprint density at radius 2 is 1.67 bits per heavy atom. The highest BCUT2D eigenvalue weighted by Gasteiger charge is 2.34. The summed E-state index contributed by atoms with van der Waals surface area (Å²) < 4.78 is 13.0. The van der Waals surface area contributed by atoms with Crippen molar-refractivity contribution in [1.29, 1.82) is 0 Å². The van der Waals surface area contributed by atoms with Gasteiger partial charge in [0.25, 0.3) is 11.8 Å². The molecule has 3 rings (SSSR count). The number of carbonyl (C=O) groups excluding carboxylic acids is 3. The number of hydrogen-bond donors (Lipinski definition) is 2. The molecule has 3 N–H and O–H groups in total. The fourth-order valence-corrected chi connectivity index (χ4v) is 3.03. The predicted octanol–water partition coefficient (Wildman–Crippen LogP) is 3.20. The number of rotatable bonds is 7. The Kier molecular flexibility index (Phi) is 5.49. The van der Waals surface area contributed by atoms with E-state index in [2.05, 4.69) is 5.32 Å². The first kappa shape index (κ1) is 18.6. The maximum atomic E-state index is 13.0. The Balaban J connectivity index is 1.40. The van der Waals surface area contributed by atoms with Crippen LogP contribution in [0.15, 0.2) is 42.5 Å². The summed E-state index contributed by atoms with van der Waals surface area (Å²) in [6, 6.07) is 10.6. The SMILES string of the molecule is Nc1cc(F)ccc1NC(=O)CCCCCN1C(=O)c2ccccc2C1=O. The number of amides is 3. The number of halogens is 1. The average Bonchev–Trinajstić information content (AvgIpc) is 2.89. The van der Waals surface area contributed by atoms with E-state index in [1.54, 1.807) is 24.3 Å². The van der Waals surface area contributed by atoms with Crippen LogP contribution in [0, 0.1) is 5.82 Å². The van der Waals surface area contributed by atoms with E-state index in [0.717, 1.165) is 6.07 Å². The molecule has 0 aliphatic carbocycles. The molecule has 0 saturated carbocycles. The van der Waals surface area contributed by atoms with E-state index in [4.69, 9.17) is 5.73 Å². The van der Waals surface area contributed by atoms with Crippen molar-refractivity contribution in [1.82, 2.24) is 4.90 Å². The van der Waals surface area contributed by atoms with Crippen molar-refractivity contribution in [2.24, 2.45) is 0 Å². The lowest BCUT2D eigenvalue weighted by Crippen LogP contribution is -2.30. The second-order valence-corrected chi connectivity index (χ2v) is 6.40. The third kappa shape index (κ3) is 4.13. The second-order valence-electron chi connectivity index (χ2n) is 6.40. The van der Waals surface area contributed by atoms with Gasteiger partial charge in [0.05, 0.1) is 22.5 Å². The Morgan fingerprint density at radius 3 is 2.30 bits per heavy atom. The lowest BCUT2D eigenvalue weighted by atomic mass is 10.1. The standard InChI is InChI=1S/C20H20FN3O3/c21-13-9-10-17(16(22)12-13)23-18(25)8-2-1-5-11-24-19(26)14-6-3-4-7-15(14)20(24)27/h3-4,6-7,9-10,12H,1-2,5,8,11,22H2,(H,23,25). The molecule has 1 heterocycles. The molecule has 3 amide bonds. The van der Waals surface area contributed by atoms with Crippen molar-refractivity contribution in [3.63, 3.8) is 0 Å². The van der Waals surface area contributed by atoms with Crippen LogP contribution in [0.1, 0.15) is 46.4 Å². The Hall–Kier alpha value is -3.22. The molecule has 1 aliphatic heterocycles. The van der Waals surface area contributed by atoms with E-state index in [9.17, 15) is 18.8 Å². The fourth-order valence-electron chi connectivity index (χ4n) is 3.03. The van der Waals surface area contributed by atoms with Gasteiger partial charge in [-0.2, -0.15) is 0 Å². The van der Waals surface area contributed by atoms with Crippen LogP contribution in [-0.4, -0.2) is 29.2 Å². The highest BCUT2D eigenvalue weighted by Crippen LogP contribution is 2.23. The third-order valence-corrected chi connectivity index (χ3v) is 4.45. The minimum absolute atomic E-state index is 0.175. The van der Waals surface area contributed by atoms with Crippen LogP contribution in [0.3, 0.4) is 0 Å². The van der Waals surface area contributed by atoms with Crippen LogP contribution in [0.2, 0.25) is 0 Å². The van der Waals surface area contributed by atoms with Gasteiger partial charge in [0, 0.05) is 13.0 Å². The number of nitrogens with two attached hydrogens (primary N) is 1. The van der Waals surface area contributed by atoms with E-state index in [-0.39, 0.29) is 29.8 Å². The first-order valence-electron chi connectivity index (χ1n) is 8.77. The molecule has 0 bridgehead atoms. The van der Waals surface area contributed by atoms with Gasteiger partial charge < -0.3 is 11.1 Å². The van der Waals surface area contributed by atoms with Crippen molar-refractivity contribution in [2.75, 3.05) is 17.6 Å². The summed E-state index contributed by atoms with van der Waals surface area (Å²) in [5.74, 6) is -1.20. The lowest BCUT2D eigenvalue weighted by molar-refractivity contribution is -0.116. The number of anilines is 2. The number of imide groups is 1. The summed E-state index contributed by atoms with van der Waals surface area (Å²) in [7, 11) is 0. The monoisotopic (exact) mass is 369 g/mol. The number of nitrogens with one attached hydrogen (secondary N) is 1. The molecule has 0 fully saturated rings. The van der Waals surface area contributed by atoms with E-state index >= 15 is 0 Å². The summed E-state index contributed by atoms with van der Waals surface area (Å²) in [6.45, 7) is 0.332. The zero-order valence-electron chi connectivity index (χ0n) is 14.7. The quantitative estimate of drug-likeness (QED) is 0.445.